The van der Waals surface area contributed by atoms with E-state index in [9.17, 15) is 9.59 Å². The molecule has 1 saturated heterocycles. The van der Waals surface area contributed by atoms with Crippen LogP contribution in [0.4, 0.5) is 5.69 Å². The van der Waals surface area contributed by atoms with Crippen LogP contribution in [0.5, 0.6) is 5.75 Å². The molecule has 1 aliphatic carbocycles. The molecular formula is C31H42N2O4. The first-order valence-electron chi connectivity index (χ1n) is 14.0. The standard InChI is InChI=1S/C31H42N2O4/c1-4-36-28-21-23(17-18-25(28)30(35)37-5-2)22-29(34)32-31(3,24-13-7-8-14-24)26-15-9-10-16-27(26)33-19-11-6-12-20-33/h9-10,15-18,21,24H,4-8,11-14,19-20,22H2,1-3H3,(H,32,34). The first kappa shape index (κ1) is 27.0. The Bertz CT molecular complexity index is 1070. The number of piperidine rings is 1. The van der Waals surface area contributed by atoms with Crippen molar-refractivity contribution in [2.75, 3.05) is 31.2 Å². The highest BCUT2D eigenvalue weighted by atomic mass is 16.5. The number of para-hydroxylation sites is 1. The lowest BCUT2D eigenvalue weighted by molar-refractivity contribution is -0.123. The highest BCUT2D eigenvalue weighted by Gasteiger charge is 2.41. The lowest BCUT2D eigenvalue weighted by atomic mass is 9.77. The Morgan fingerprint density at radius 3 is 2.41 bits per heavy atom. The van der Waals surface area contributed by atoms with Crippen LogP contribution in [0.25, 0.3) is 0 Å². The van der Waals surface area contributed by atoms with Gasteiger partial charge in [0, 0.05) is 24.3 Å². The zero-order valence-corrected chi connectivity index (χ0v) is 22.7. The topological polar surface area (TPSA) is 67.9 Å². The van der Waals surface area contributed by atoms with Crippen molar-refractivity contribution in [1.82, 2.24) is 5.32 Å². The Morgan fingerprint density at radius 2 is 1.70 bits per heavy atom. The van der Waals surface area contributed by atoms with Crippen LogP contribution >= 0.6 is 0 Å². The van der Waals surface area contributed by atoms with E-state index in [1.54, 1.807) is 19.1 Å². The number of esters is 1. The van der Waals surface area contributed by atoms with Gasteiger partial charge in [-0.25, -0.2) is 4.79 Å². The Balaban J connectivity index is 1.59. The Hall–Kier alpha value is -3.02. The van der Waals surface area contributed by atoms with Crippen molar-refractivity contribution in [1.29, 1.82) is 0 Å². The molecule has 1 unspecified atom stereocenters. The minimum atomic E-state index is -0.449. The zero-order chi connectivity index (χ0) is 26.3. The molecule has 0 radical (unpaired) electrons. The third-order valence-electron chi connectivity index (χ3n) is 7.94. The number of hydrogen-bond acceptors (Lipinski definition) is 5. The van der Waals surface area contributed by atoms with E-state index in [1.807, 2.05) is 13.0 Å². The van der Waals surface area contributed by atoms with Crippen molar-refractivity contribution < 1.29 is 19.1 Å². The second-order valence-electron chi connectivity index (χ2n) is 10.5. The van der Waals surface area contributed by atoms with Gasteiger partial charge in [-0.2, -0.15) is 0 Å². The summed E-state index contributed by atoms with van der Waals surface area (Å²) in [6.45, 7) is 8.74. The van der Waals surface area contributed by atoms with Gasteiger partial charge in [0.05, 0.1) is 25.2 Å². The summed E-state index contributed by atoms with van der Waals surface area (Å²) in [6, 6.07) is 14.0. The Morgan fingerprint density at radius 1 is 0.973 bits per heavy atom. The van der Waals surface area contributed by atoms with Gasteiger partial charge in [0.25, 0.3) is 0 Å². The smallest absolute Gasteiger partial charge is 0.341 e. The highest BCUT2D eigenvalue weighted by Crippen LogP contribution is 2.44. The van der Waals surface area contributed by atoms with Crippen molar-refractivity contribution >= 4 is 17.6 Å². The Kier molecular flexibility index (Phi) is 9.12. The number of hydrogen-bond donors (Lipinski definition) is 1. The van der Waals surface area contributed by atoms with Crippen molar-refractivity contribution in [3.05, 3.63) is 59.2 Å². The molecule has 2 aromatic rings. The molecule has 0 bridgehead atoms. The minimum absolute atomic E-state index is 0.0193. The summed E-state index contributed by atoms with van der Waals surface area (Å²) < 4.78 is 10.9. The maximum atomic E-state index is 13.6. The molecule has 200 valence electrons. The first-order chi connectivity index (χ1) is 18.0. The molecular weight excluding hydrogens is 464 g/mol. The van der Waals surface area contributed by atoms with Crippen LogP contribution in [0, 0.1) is 5.92 Å². The summed E-state index contributed by atoms with van der Waals surface area (Å²) in [6.07, 6.45) is 8.58. The normalized spacial score (nSPS) is 17.8. The fraction of sp³-hybridized carbons (Fsp3) is 0.548. The minimum Gasteiger partial charge on any atom is -0.493 e. The number of anilines is 1. The van der Waals surface area contributed by atoms with Crippen LogP contribution in [0.15, 0.2) is 42.5 Å². The molecule has 6 heteroatoms. The maximum absolute atomic E-state index is 13.6. The molecule has 2 aromatic carbocycles. The lowest BCUT2D eigenvalue weighted by Gasteiger charge is -2.41. The second-order valence-corrected chi connectivity index (χ2v) is 10.5. The van der Waals surface area contributed by atoms with Crippen LogP contribution in [0.2, 0.25) is 0 Å². The number of carbonyl (C=O) groups excluding carboxylic acids is 2. The van der Waals surface area contributed by atoms with Crippen molar-refractivity contribution in [3.8, 4) is 5.75 Å². The predicted octanol–water partition coefficient (Wildman–Crippen LogP) is 6.02. The summed E-state index contributed by atoms with van der Waals surface area (Å²) in [4.78, 5) is 28.4. The fourth-order valence-corrected chi connectivity index (χ4v) is 6.06. The van der Waals surface area contributed by atoms with Gasteiger partial charge in [-0.05, 0) is 82.6 Å². The predicted molar refractivity (Wildman–Crippen MR) is 147 cm³/mol. The zero-order valence-electron chi connectivity index (χ0n) is 22.7. The van der Waals surface area contributed by atoms with Gasteiger partial charge in [0.15, 0.2) is 0 Å². The average molecular weight is 507 g/mol. The van der Waals surface area contributed by atoms with Gasteiger partial charge >= 0.3 is 5.97 Å². The highest BCUT2D eigenvalue weighted by molar-refractivity contribution is 5.93. The maximum Gasteiger partial charge on any atom is 0.341 e. The quantitative estimate of drug-likeness (QED) is 0.399. The summed E-state index contributed by atoms with van der Waals surface area (Å²) in [5, 5.41) is 3.49. The summed E-state index contributed by atoms with van der Waals surface area (Å²) >= 11 is 0. The number of nitrogens with zero attached hydrogens (tertiary/aromatic N) is 1. The van der Waals surface area contributed by atoms with E-state index in [0.29, 0.717) is 30.4 Å². The van der Waals surface area contributed by atoms with E-state index >= 15 is 0 Å². The summed E-state index contributed by atoms with van der Waals surface area (Å²) in [7, 11) is 0. The number of rotatable bonds is 10. The number of amides is 1. The van der Waals surface area contributed by atoms with Gasteiger partial charge in [0.2, 0.25) is 5.91 Å². The largest absolute Gasteiger partial charge is 0.493 e. The van der Waals surface area contributed by atoms with Crippen LogP contribution < -0.4 is 15.0 Å². The molecule has 1 aliphatic heterocycles. The molecule has 0 spiro atoms. The molecule has 1 N–H and O–H groups in total. The van der Waals surface area contributed by atoms with Gasteiger partial charge < -0.3 is 19.7 Å². The number of benzene rings is 2. The van der Waals surface area contributed by atoms with Gasteiger partial charge in [0.1, 0.15) is 11.3 Å². The third kappa shape index (κ3) is 6.28. The molecule has 1 amide bonds. The van der Waals surface area contributed by atoms with Crippen LogP contribution in [-0.4, -0.2) is 38.2 Å². The van der Waals surface area contributed by atoms with Gasteiger partial charge in [-0.15, -0.1) is 0 Å². The van der Waals surface area contributed by atoms with Crippen molar-refractivity contribution in [3.63, 3.8) is 0 Å². The molecule has 6 nitrogen and oxygen atoms in total. The van der Waals surface area contributed by atoms with E-state index < -0.39 is 11.5 Å². The average Bonchev–Trinajstić information content (AvgIpc) is 3.46. The monoisotopic (exact) mass is 506 g/mol. The van der Waals surface area contributed by atoms with E-state index in [1.165, 1.54) is 43.4 Å². The number of ether oxygens (including phenoxy) is 2. The molecule has 1 heterocycles. The second kappa shape index (κ2) is 12.5. The molecule has 2 aliphatic rings. The van der Waals surface area contributed by atoms with Crippen LogP contribution in [0.3, 0.4) is 0 Å². The molecule has 1 atom stereocenters. The molecule has 4 rings (SSSR count). The first-order valence-corrected chi connectivity index (χ1v) is 14.0. The number of carbonyl (C=O) groups is 2. The van der Waals surface area contributed by atoms with E-state index in [0.717, 1.165) is 31.5 Å². The molecule has 37 heavy (non-hydrogen) atoms. The third-order valence-corrected chi connectivity index (χ3v) is 7.94. The SMILES string of the molecule is CCOC(=O)c1ccc(CC(=O)NC(C)(c2ccccc2N2CCCCC2)C2CCCC2)cc1OCC. The van der Waals surface area contributed by atoms with Gasteiger partial charge in [-0.1, -0.05) is 37.1 Å². The van der Waals surface area contributed by atoms with E-state index in [4.69, 9.17) is 9.47 Å². The van der Waals surface area contributed by atoms with E-state index in [-0.39, 0.29) is 12.3 Å². The summed E-state index contributed by atoms with van der Waals surface area (Å²) in [5.74, 6) is 0.423. The fourth-order valence-electron chi connectivity index (χ4n) is 6.06. The molecule has 1 saturated carbocycles. The lowest BCUT2D eigenvalue weighted by Crippen LogP contribution is -2.50. The van der Waals surface area contributed by atoms with Crippen molar-refractivity contribution in [2.24, 2.45) is 5.92 Å². The van der Waals surface area contributed by atoms with Crippen molar-refractivity contribution in [2.45, 2.75) is 77.7 Å². The Labute approximate surface area is 221 Å². The van der Waals surface area contributed by atoms with Crippen LogP contribution in [0.1, 0.15) is 87.2 Å². The number of nitrogens with one attached hydrogen (secondary N) is 1. The summed E-state index contributed by atoms with van der Waals surface area (Å²) in [5.41, 5.74) is 3.24. The van der Waals surface area contributed by atoms with E-state index in [2.05, 4.69) is 41.4 Å². The van der Waals surface area contributed by atoms with Crippen LogP contribution in [-0.2, 0) is 21.5 Å². The van der Waals surface area contributed by atoms with Gasteiger partial charge in [-0.3, -0.25) is 4.79 Å². The molecule has 0 aromatic heterocycles. The molecule has 2 fully saturated rings.